The number of rotatable bonds is 6. The van der Waals surface area contributed by atoms with Gasteiger partial charge in [0.1, 0.15) is 5.01 Å². The van der Waals surface area contributed by atoms with E-state index in [1.807, 2.05) is 13.8 Å². The minimum Gasteiger partial charge on any atom is -0.481 e. The number of aromatic nitrogens is 1. The highest BCUT2D eigenvalue weighted by molar-refractivity contribution is 7.11. The molecule has 1 amide bonds. The number of aryl methyl sites for hydroxylation is 1. The Morgan fingerprint density at radius 3 is 2.76 bits per heavy atom. The molecule has 1 rings (SSSR count). The van der Waals surface area contributed by atoms with Gasteiger partial charge in [-0.3, -0.25) is 9.59 Å². The zero-order valence-corrected chi connectivity index (χ0v) is 10.7. The van der Waals surface area contributed by atoms with Crippen LogP contribution in [0.15, 0.2) is 6.20 Å². The number of aliphatic carboxylic acids is 1. The Balaban J connectivity index is 2.45. The van der Waals surface area contributed by atoms with E-state index in [0.717, 1.165) is 11.4 Å². The molecule has 6 heteroatoms. The largest absolute Gasteiger partial charge is 0.481 e. The number of carboxylic acid groups (broad SMARTS) is 1. The van der Waals surface area contributed by atoms with Gasteiger partial charge in [0.05, 0.1) is 12.5 Å². The summed E-state index contributed by atoms with van der Waals surface area (Å²) in [5, 5.41) is 12.0. The first-order valence-electron chi connectivity index (χ1n) is 5.48. The van der Waals surface area contributed by atoms with Gasteiger partial charge in [-0.2, -0.15) is 0 Å². The van der Waals surface area contributed by atoms with Gasteiger partial charge in [0, 0.05) is 17.5 Å². The molecule has 1 heterocycles. The SMILES string of the molecule is CCc1cnc(C(C)NC(=O)CCC(=O)O)s1. The molecule has 0 aromatic carbocycles. The summed E-state index contributed by atoms with van der Waals surface area (Å²) in [7, 11) is 0. The Morgan fingerprint density at radius 2 is 2.24 bits per heavy atom. The monoisotopic (exact) mass is 256 g/mol. The van der Waals surface area contributed by atoms with Crippen LogP contribution in [0.5, 0.6) is 0 Å². The summed E-state index contributed by atoms with van der Waals surface area (Å²) in [5.41, 5.74) is 0. The molecule has 1 aromatic rings. The van der Waals surface area contributed by atoms with Crippen LogP contribution in [0.4, 0.5) is 0 Å². The lowest BCUT2D eigenvalue weighted by molar-refractivity contribution is -0.138. The van der Waals surface area contributed by atoms with Gasteiger partial charge in [-0.1, -0.05) is 6.92 Å². The third-order valence-corrected chi connectivity index (χ3v) is 3.56. The van der Waals surface area contributed by atoms with E-state index in [-0.39, 0.29) is 24.8 Å². The second-order valence-corrected chi connectivity index (χ2v) is 4.85. The average Bonchev–Trinajstić information content (AvgIpc) is 2.74. The molecule has 17 heavy (non-hydrogen) atoms. The average molecular weight is 256 g/mol. The Hall–Kier alpha value is -1.43. The van der Waals surface area contributed by atoms with E-state index in [1.165, 1.54) is 4.88 Å². The van der Waals surface area contributed by atoms with Crippen molar-refractivity contribution in [2.75, 3.05) is 0 Å². The Labute approximate surface area is 104 Å². The second kappa shape index (κ2) is 6.34. The molecule has 0 saturated heterocycles. The van der Waals surface area contributed by atoms with Gasteiger partial charge < -0.3 is 10.4 Å². The quantitative estimate of drug-likeness (QED) is 0.812. The smallest absolute Gasteiger partial charge is 0.303 e. The van der Waals surface area contributed by atoms with Crippen molar-refractivity contribution >= 4 is 23.2 Å². The van der Waals surface area contributed by atoms with Crippen LogP contribution < -0.4 is 5.32 Å². The van der Waals surface area contributed by atoms with Crippen LogP contribution in [0.2, 0.25) is 0 Å². The number of carbonyl (C=O) groups excluding carboxylic acids is 1. The van der Waals surface area contributed by atoms with Gasteiger partial charge in [0.2, 0.25) is 5.91 Å². The normalized spacial score (nSPS) is 12.1. The number of carbonyl (C=O) groups is 2. The van der Waals surface area contributed by atoms with Crippen LogP contribution >= 0.6 is 11.3 Å². The summed E-state index contributed by atoms with van der Waals surface area (Å²) in [6.45, 7) is 3.89. The maximum atomic E-state index is 11.4. The molecule has 0 fully saturated rings. The van der Waals surface area contributed by atoms with Crippen molar-refractivity contribution in [3.05, 3.63) is 16.1 Å². The first-order chi connectivity index (χ1) is 8.02. The molecule has 0 aliphatic heterocycles. The molecule has 1 atom stereocenters. The van der Waals surface area contributed by atoms with E-state index in [1.54, 1.807) is 17.5 Å². The van der Waals surface area contributed by atoms with Crippen molar-refractivity contribution in [3.8, 4) is 0 Å². The molecule has 0 spiro atoms. The third kappa shape index (κ3) is 4.52. The first kappa shape index (κ1) is 13.6. The lowest BCUT2D eigenvalue weighted by Crippen LogP contribution is -2.26. The van der Waals surface area contributed by atoms with Gasteiger partial charge in [0.15, 0.2) is 0 Å². The van der Waals surface area contributed by atoms with Crippen molar-refractivity contribution in [1.82, 2.24) is 10.3 Å². The van der Waals surface area contributed by atoms with Gasteiger partial charge >= 0.3 is 5.97 Å². The number of carboxylic acids is 1. The van der Waals surface area contributed by atoms with Gasteiger partial charge in [-0.25, -0.2) is 4.98 Å². The molecular weight excluding hydrogens is 240 g/mol. The molecule has 0 aliphatic rings. The number of hydrogen-bond acceptors (Lipinski definition) is 4. The molecular formula is C11H16N2O3S. The van der Waals surface area contributed by atoms with Crippen LogP contribution in [-0.4, -0.2) is 22.0 Å². The molecule has 94 valence electrons. The van der Waals surface area contributed by atoms with Crippen LogP contribution in [0, 0.1) is 0 Å². The molecule has 0 radical (unpaired) electrons. The van der Waals surface area contributed by atoms with Crippen LogP contribution in [0.25, 0.3) is 0 Å². The van der Waals surface area contributed by atoms with Crippen LogP contribution in [-0.2, 0) is 16.0 Å². The van der Waals surface area contributed by atoms with Crippen molar-refractivity contribution in [1.29, 1.82) is 0 Å². The minimum absolute atomic E-state index is 0.00564. The Bertz CT molecular complexity index is 403. The number of amides is 1. The highest BCUT2D eigenvalue weighted by Crippen LogP contribution is 2.20. The predicted molar refractivity (Wildman–Crippen MR) is 64.9 cm³/mol. The third-order valence-electron chi connectivity index (χ3n) is 2.23. The summed E-state index contributed by atoms with van der Waals surface area (Å²) in [4.78, 5) is 27.1. The second-order valence-electron chi connectivity index (χ2n) is 3.70. The summed E-state index contributed by atoms with van der Waals surface area (Å²) in [5.74, 6) is -1.22. The first-order valence-corrected chi connectivity index (χ1v) is 6.30. The molecule has 5 nitrogen and oxygen atoms in total. The van der Waals surface area contributed by atoms with Crippen LogP contribution in [0.1, 0.15) is 42.6 Å². The van der Waals surface area contributed by atoms with Gasteiger partial charge in [0.25, 0.3) is 0 Å². The standard InChI is InChI=1S/C11H16N2O3S/c1-3-8-6-12-11(17-8)7(2)13-9(14)4-5-10(15)16/h6-7H,3-5H2,1-2H3,(H,13,14)(H,15,16). The van der Waals surface area contributed by atoms with Gasteiger partial charge in [-0.05, 0) is 13.3 Å². The van der Waals surface area contributed by atoms with Crippen molar-refractivity contribution < 1.29 is 14.7 Å². The molecule has 0 bridgehead atoms. The Kier molecular flexibility index (Phi) is 5.09. The fourth-order valence-corrected chi connectivity index (χ4v) is 2.14. The number of nitrogens with zero attached hydrogens (tertiary/aromatic N) is 1. The zero-order chi connectivity index (χ0) is 12.8. The fourth-order valence-electron chi connectivity index (χ4n) is 1.28. The highest BCUT2D eigenvalue weighted by Gasteiger charge is 2.13. The number of nitrogens with one attached hydrogen (secondary N) is 1. The molecule has 0 saturated carbocycles. The zero-order valence-electron chi connectivity index (χ0n) is 9.90. The minimum atomic E-state index is -0.963. The van der Waals surface area contributed by atoms with E-state index in [9.17, 15) is 9.59 Å². The summed E-state index contributed by atoms with van der Waals surface area (Å²) >= 11 is 1.57. The van der Waals surface area contributed by atoms with E-state index in [4.69, 9.17) is 5.11 Å². The van der Waals surface area contributed by atoms with Crippen LogP contribution in [0.3, 0.4) is 0 Å². The lowest BCUT2D eigenvalue weighted by Gasteiger charge is -2.10. The number of thiazole rings is 1. The maximum absolute atomic E-state index is 11.4. The van der Waals surface area contributed by atoms with Gasteiger partial charge in [-0.15, -0.1) is 11.3 Å². The van der Waals surface area contributed by atoms with Crippen molar-refractivity contribution in [3.63, 3.8) is 0 Å². The fraction of sp³-hybridized carbons (Fsp3) is 0.545. The Morgan fingerprint density at radius 1 is 1.53 bits per heavy atom. The van der Waals surface area contributed by atoms with E-state index >= 15 is 0 Å². The summed E-state index contributed by atoms with van der Waals surface area (Å²) in [6.07, 6.45) is 2.60. The summed E-state index contributed by atoms with van der Waals surface area (Å²) < 4.78 is 0. The van der Waals surface area contributed by atoms with E-state index < -0.39 is 5.97 Å². The highest BCUT2D eigenvalue weighted by atomic mass is 32.1. The molecule has 2 N–H and O–H groups in total. The molecule has 0 aliphatic carbocycles. The molecule has 1 unspecified atom stereocenters. The van der Waals surface area contributed by atoms with Crippen molar-refractivity contribution in [2.24, 2.45) is 0 Å². The summed E-state index contributed by atoms with van der Waals surface area (Å²) in [6, 6.07) is -0.165. The van der Waals surface area contributed by atoms with Crippen molar-refractivity contribution in [2.45, 2.75) is 39.2 Å². The lowest BCUT2D eigenvalue weighted by atomic mass is 10.2. The maximum Gasteiger partial charge on any atom is 0.303 e. The topological polar surface area (TPSA) is 79.3 Å². The van der Waals surface area contributed by atoms with E-state index in [2.05, 4.69) is 10.3 Å². The number of hydrogen-bond donors (Lipinski definition) is 2. The van der Waals surface area contributed by atoms with E-state index in [0.29, 0.717) is 0 Å². The predicted octanol–water partition coefficient (Wildman–Crippen LogP) is 1.75. The molecule has 1 aromatic heterocycles.